The van der Waals surface area contributed by atoms with Crippen molar-refractivity contribution in [3.63, 3.8) is 0 Å². The maximum Gasteiger partial charge on any atom is 0.139 e. The van der Waals surface area contributed by atoms with Gasteiger partial charge in [-0.3, -0.25) is 4.98 Å². The fourth-order valence-corrected chi connectivity index (χ4v) is 3.24. The topological polar surface area (TPSA) is 90.3 Å². The molecular weight excluding hydrogens is 343 g/mol. The molecule has 1 aliphatic rings. The zero-order valence-electron chi connectivity index (χ0n) is 13.9. The lowest BCUT2D eigenvalue weighted by Crippen LogP contribution is -1.96. The highest BCUT2D eigenvalue weighted by Crippen LogP contribution is 2.42. The van der Waals surface area contributed by atoms with E-state index in [1.165, 1.54) is 12.1 Å². The van der Waals surface area contributed by atoms with E-state index in [9.17, 15) is 9.65 Å². The van der Waals surface area contributed by atoms with E-state index in [2.05, 4.69) is 20.3 Å². The first-order valence-corrected chi connectivity index (χ1v) is 8.21. The molecule has 0 saturated carbocycles. The van der Waals surface area contributed by atoms with E-state index in [0.717, 1.165) is 22.5 Å². The number of pyridine rings is 2. The predicted molar refractivity (Wildman–Crippen MR) is 98.4 cm³/mol. The third-order valence-electron chi connectivity index (χ3n) is 4.47. The maximum absolute atomic E-state index is 13.5. The first-order valence-electron chi connectivity index (χ1n) is 8.21. The van der Waals surface area contributed by atoms with Crippen molar-refractivity contribution in [2.45, 2.75) is 0 Å². The van der Waals surface area contributed by atoms with E-state index in [4.69, 9.17) is 4.98 Å². The second kappa shape index (κ2) is 5.75. The van der Waals surface area contributed by atoms with Crippen molar-refractivity contribution < 1.29 is 4.39 Å². The number of halogens is 1. The SMILES string of the molecule is N#Cc1cc(F)ccc1-c1nc2c([nH]1)-c1ccncc1Nc1ncccc1-2. The van der Waals surface area contributed by atoms with Gasteiger partial charge in [0.15, 0.2) is 0 Å². The molecule has 0 aliphatic carbocycles. The number of nitriles is 1. The lowest BCUT2D eigenvalue weighted by molar-refractivity contribution is 0.627. The maximum atomic E-state index is 13.5. The summed E-state index contributed by atoms with van der Waals surface area (Å²) in [7, 11) is 0. The van der Waals surface area contributed by atoms with Crippen LogP contribution in [0.3, 0.4) is 0 Å². The Bertz CT molecular complexity index is 1170. The summed E-state index contributed by atoms with van der Waals surface area (Å²) in [5.41, 5.74) is 4.77. The summed E-state index contributed by atoms with van der Waals surface area (Å²) < 4.78 is 13.5. The normalized spacial score (nSPS) is 11.4. The van der Waals surface area contributed by atoms with Gasteiger partial charge in [0.1, 0.15) is 23.2 Å². The molecule has 0 amide bonds. The summed E-state index contributed by atoms with van der Waals surface area (Å²) in [5, 5.41) is 12.7. The summed E-state index contributed by atoms with van der Waals surface area (Å²) in [6.07, 6.45) is 5.13. The van der Waals surface area contributed by atoms with E-state index in [-0.39, 0.29) is 5.56 Å². The van der Waals surface area contributed by atoms with Crippen molar-refractivity contribution in [2.75, 3.05) is 5.32 Å². The Kier molecular flexibility index (Phi) is 3.24. The number of hydrogen-bond donors (Lipinski definition) is 2. The Balaban J connectivity index is 1.81. The zero-order valence-corrected chi connectivity index (χ0v) is 13.9. The van der Waals surface area contributed by atoms with Crippen LogP contribution in [0.2, 0.25) is 0 Å². The molecule has 0 atom stereocenters. The Labute approximate surface area is 153 Å². The molecule has 0 spiro atoms. The Morgan fingerprint density at radius 3 is 2.85 bits per heavy atom. The van der Waals surface area contributed by atoms with Crippen molar-refractivity contribution >= 4 is 11.5 Å². The monoisotopic (exact) mass is 354 g/mol. The van der Waals surface area contributed by atoms with Crippen LogP contribution < -0.4 is 5.32 Å². The molecule has 7 heteroatoms. The number of nitrogens with one attached hydrogen (secondary N) is 2. The smallest absolute Gasteiger partial charge is 0.139 e. The first kappa shape index (κ1) is 15.2. The largest absolute Gasteiger partial charge is 0.338 e. The molecule has 1 aliphatic heterocycles. The molecule has 4 aromatic rings. The molecule has 1 aromatic carbocycles. The highest BCUT2D eigenvalue weighted by atomic mass is 19.1. The van der Waals surface area contributed by atoms with Crippen molar-refractivity contribution in [3.8, 4) is 40.0 Å². The Morgan fingerprint density at radius 1 is 1.04 bits per heavy atom. The van der Waals surface area contributed by atoms with Gasteiger partial charge in [0.2, 0.25) is 0 Å². The Morgan fingerprint density at radius 2 is 1.96 bits per heavy atom. The summed E-state index contributed by atoms with van der Waals surface area (Å²) in [6.45, 7) is 0. The number of rotatable bonds is 1. The molecule has 5 rings (SSSR count). The number of aromatic amines is 1. The average Bonchev–Trinajstić information content (AvgIpc) is 3.08. The molecule has 3 aromatic heterocycles. The van der Waals surface area contributed by atoms with Gasteiger partial charge in [-0.25, -0.2) is 14.4 Å². The molecule has 128 valence electrons. The van der Waals surface area contributed by atoms with Gasteiger partial charge >= 0.3 is 0 Å². The van der Waals surface area contributed by atoms with E-state index >= 15 is 0 Å². The first-order chi connectivity index (χ1) is 13.2. The summed E-state index contributed by atoms with van der Waals surface area (Å²) in [6, 6.07) is 11.8. The fourth-order valence-electron chi connectivity index (χ4n) is 3.24. The molecule has 27 heavy (non-hydrogen) atoms. The lowest BCUT2D eigenvalue weighted by Gasteiger charge is -2.08. The number of benzene rings is 1. The number of imidazole rings is 1. The molecule has 0 bridgehead atoms. The predicted octanol–water partition coefficient (Wildman–Crippen LogP) is 4.27. The van der Waals surface area contributed by atoms with E-state index in [1.807, 2.05) is 24.3 Å². The van der Waals surface area contributed by atoms with E-state index in [1.54, 1.807) is 24.7 Å². The minimum atomic E-state index is -0.460. The number of aromatic nitrogens is 4. The average molecular weight is 354 g/mol. The van der Waals surface area contributed by atoms with Crippen LogP contribution in [-0.2, 0) is 0 Å². The van der Waals surface area contributed by atoms with Gasteiger partial charge < -0.3 is 10.3 Å². The lowest BCUT2D eigenvalue weighted by atomic mass is 10.1. The van der Waals surface area contributed by atoms with Crippen LogP contribution in [-0.4, -0.2) is 19.9 Å². The molecule has 0 unspecified atom stereocenters. The summed E-state index contributed by atoms with van der Waals surface area (Å²) in [5.74, 6) is 0.706. The van der Waals surface area contributed by atoms with Crippen LogP contribution >= 0.6 is 0 Å². The molecular formula is C20H11FN6. The van der Waals surface area contributed by atoms with Crippen molar-refractivity contribution in [1.82, 2.24) is 19.9 Å². The fraction of sp³-hybridized carbons (Fsp3) is 0. The van der Waals surface area contributed by atoms with E-state index < -0.39 is 5.82 Å². The molecule has 2 N–H and O–H groups in total. The quantitative estimate of drug-likeness (QED) is 0.469. The van der Waals surface area contributed by atoms with Crippen LogP contribution in [0, 0.1) is 17.1 Å². The van der Waals surface area contributed by atoms with Crippen LogP contribution in [0.1, 0.15) is 5.56 Å². The zero-order chi connectivity index (χ0) is 18.4. The van der Waals surface area contributed by atoms with Crippen molar-refractivity contribution in [3.05, 3.63) is 66.4 Å². The van der Waals surface area contributed by atoms with Gasteiger partial charge in [-0.05, 0) is 36.4 Å². The number of hydrogen-bond acceptors (Lipinski definition) is 5. The number of fused-ring (bicyclic) bond motifs is 5. The third-order valence-corrected chi connectivity index (χ3v) is 4.47. The highest BCUT2D eigenvalue weighted by molar-refractivity contribution is 5.95. The van der Waals surface area contributed by atoms with Gasteiger partial charge in [-0.2, -0.15) is 5.26 Å². The van der Waals surface area contributed by atoms with Crippen LogP contribution in [0.4, 0.5) is 15.9 Å². The van der Waals surface area contributed by atoms with Crippen LogP contribution in [0.15, 0.2) is 55.0 Å². The van der Waals surface area contributed by atoms with Crippen molar-refractivity contribution in [1.29, 1.82) is 5.26 Å². The van der Waals surface area contributed by atoms with Crippen LogP contribution in [0.5, 0.6) is 0 Å². The second-order valence-electron chi connectivity index (χ2n) is 6.06. The molecule has 0 fully saturated rings. The van der Waals surface area contributed by atoms with Crippen LogP contribution in [0.25, 0.3) is 33.9 Å². The van der Waals surface area contributed by atoms with Gasteiger partial charge in [-0.1, -0.05) is 0 Å². The molecule has 6 nitrogen and oxygen atoms in total. The van der Waals surface area contributed by atoms with Gasteiger partial charge in [0, 0.05) is 29.1 Å². The van der Waals surface area contributed by atoms with E-state index in [0.29, 0.717) is 22.9 Å². The minimum absolute atomic E-state index is 0.221. The summed E-state index contributed by atoms with van der Waals surface area (Å²) in [4.78, 5) is 16.6. The van der Waals surface area contributed by atoms with Gasteiger partial charge in [-0.15, -0.1) is 0 Å². The van der Waals surface area contributed by atoms with Gasteiger partial charge in [0.25, 0.3) is 0 Å². The number of nitrogens with zero attached hydrogens (tertiary/aromatic N) is 4. The molecule has 0 radical (unpaired) electrons. The van der Waals surface area contributed by atoms with Gasteiger partial charge in [0.05, 0.1) is 29.2 Å². The second-order valence-corrected chi connectivity index (χ2v) is 6.06. The third kappa shape index (κ3) is 2.35. The standard InChI is InChI=1S/C20H11FN6/c21-12-3-4-13(11(8-12)9-22)20-26-17-14-5-7-23-10-16(14)25-19-15(18(17)27-20)2-1-6-24-19/h1-8,10H,(H,24,25)(H,26,27). The number of H-pyrrole nitrogens is 1. The molecule has 4 heterocycles. The minimum Gasteiger partial charge on any atom is -0.338 e. The summed E-state index contributed by atoms with van der Waals surface area (Å²) >= 11 is 0. The highest BCUT2D eigenvalue weighted by Gasteiger charge is 2.24. The number of anilines is 2. The van der Waals surface area contributed by atoms with Crippen molar-refractivity contribution in [2.24, 2.45) is 0 Å². The Hall–Kier alpha value is -4.05. The molecule has 0 saturated heterocycles.